The number of anilines is 1. The minimum absolute atomic E-state index is 0.179. The van der Waals surface area contributed by atoms with Crippen molar-refractivity contribution in [1.29, 1.82) is 0 Å². The Labute approximate surface area is 176 Å². The summed E-state index contributed by atoms with van der Waals surface area (Å²) in [6.07, 6.45) is 0.854. The Morgan fingerprint density at radius 2 is 2.07 bits per heavy atom. The predicted molar refractivity (Wildman–Crippen MR) is 113 cm³/mol. The number of nitrogens with zero attached hydrogens (tertiary/aromatic N) is 3. The molecule has 1 saturated heterocycles. The monoisotopic (exact) mass is 420 g/mol. The number of nitrogens with one attached hydrogen (secondary N) is 2. The Morgan fingerprint density at radius 3 is 2.79 bits per heavy atom. The highest BCUT2D eigenvalue weighted by molar-refractivity contribution is 7.98. The van der Waals surface area contributed by atoms with Crippen molar-refractivity contribution in [2.45, 2.75) is 24.3 Å². The minimum atomic E-state index is -0.179. The number of aryl methyl sites for hydroxylation is 1. The molecular formula is C20H30N5O3S+. The van der Waals surface area contributed by atoms with Gasteiger partial charge in [-0.15, -0.1) is 0 Å². The summed E-state index contributed by atoms with van der Waals surface area (Å²) in [5.74, 6) is 2.42. The number of hydrogen-bond donors (Lipinski definition) is 2. The lowest BCUT2D eigenvalue weighted by molar-refractivity contribution is -0.856. The predicted octanol–water partition coefficient (Wildman–Crippen LogP) is 0.635. The smallest absolute Gasteiger partial charge is 0.287 e. The molecular weight excluding hydrogens is 390 g/mol. The lowest BCUT2D eigenvalue weighted by Gasteiger charge is -2.28. The van der Waals surface area contributed by atoms with Crippen LogP contribution in [0.15, 0.2) is 27.8 Å². The molecule has 1 aliphatic rings. The molecule has 1 fully saturated rings. The van der Waals surface area contributed by atoms with Gasteiger partial charge in [-0.2, -0.15) is 0 Å². The number of aromatic nitrogens is 2. The van der Waals surface area contributed by atoms with Crippen LogP contribution in [0.25, 0.3) is 0 Å². The molecule has 0 aromatic carbocycles. The molecule has 2 aromatic heterocycles. The number of likely N-dealkylation sites (N-methyl/N-ethyl adjacent to an activating group) is 1. The standard InChI is InChI=1S/C20H29N5O3S/c1-4-15-13-18(25-9-11-27-12-10-25)23-20(22-15)29-14-16-5-6-17(28-16)19(26)21-7-8-24(2)3/h5-6,13H,4,7-12,14H2,1-3H3,(H,21,26)/p+1. The second-order valence-electron chi connectivity index (χ2n) is 7.22. The summed E-state index contributed by atoms with van der Waals surface area (Å²) in [5.41, 5.74) is 1.02. The van der Waals surface area contributed by atoms with Gasteiger partial charge in [0, 0.05) is 24.8 Å². The summed E-state index contributed by atoms with van der Waals surface area (Å²) in [6.45, 7) is 6.71. The zero-order valence-corrected chi connectivity index (χ0v) is 18.2. The normalized spacial score (nSPS) is 14.4. The van der Waals surface area contributed by atoms with Crippen molar-refractivity contribution in [3.8, 4) is 0 Å². The summed E-state index contributed by atoms with van der Waals surface area (Å²) in [7, 11) is 4.10. The maximum Gasteiger partial charge on any atom is 0.287 e. The number of carbonyl (C=O) groups is 1. The van der Waals surface area contributed by atoms with E-state index >= 15 is 0 Å². The van der Waals surface area contributed by atoms with Crippen LogP contribution >= 0.6 is 11.8 Å². The molecule has 2 aromatic rings. The van der Waals surface area contributed by atoms with Crippen molar-refractivity contribution in [2.75, 3.05) is 58.4 Å². The van der Waals surface area contributed by atoms with Crippen molar-refractivity contribution in [2.24, 2.45) is 0 Å². The first-order valence-corrected chi connectivity index (χ1v) is 11.0. The third-order valence-electron chi connectivity index (χ3n) is 4.58. The van der Waals surface area contributed by atoms with E-state index in [9.17, 15) is 4.79 Å². The van der Waals surface area contributed by atoms with Crippen molar-refractivity contribution in [3.63, 3.8) is 0 Å². The van der Waals surface area contributed by atoms with Gasteiger partial charge in [-0.05, 0) is 18.6 Å². The largest absolute Gasteiger partial charge is 0.455 e. The first-order valence-electron chi connectivity index (χ1n) is 10.0. The highest BCUT2D eigenvalue weighted by atomic mass is 32.2. The number of quaternary nitrogens is 1. The van der Waals surface area contributed by atoms with Crippen LogP contribution in [0.1, 0.15) is 28.9 Å². The van der Waals surface area contributed by atoms with Gasteiger partial charge in [0.05, 0.1) is 46.2 Å². The molecule has 1 aliphatic heterocycles. The van der Waals surface area contributed by atoms with Gasteiger partial charge in [0.1, 0.15) is 11.6 Å². The van der Waals surface area contributed by atoms with Crippen molar-refractivity contribution < 1.29 is 18.8 Å². The number of hydrogen-bond acceptors (Lipinski definition) is 7. The number of furan rings is 1. The summed E-state index contributed by atoms with van der Waals surface area (Å²) < 4.78 is 11.1. The molecule has 0 aliphatic carbocycles. The van der Waals surface area contributed by atoms with Gasteiger partial charge >= 0.3 is 0 Å². The van der Waals surface area contributed by atoms with Crippen LogP contribution in [-0.4, -0.2) is 69.4 Å². The van der Waals surface area contributed by atoms with E-state index in [0.717, 1.165) is 61.7 Å². The van der Waals surface area contributed by atoms with Crippen LogP contribution in [0.3, 0.4) is 0 Å². The first kappa shape index (κ1) is 21.6. The van der Waals surface area contributed by atoms with Crippen molar-refractivity contribution in [3.05, 3.63) is 35.4 Å². The Hall–Kier alpha value is -2.10. The van der Waals surface area contributed by atoms with Gasteiger partial charge in [-0.25, -0.2) is 9.97 Å². The third-order valence-corrected chi connectivity index (χ3v) is 5.45. The number of ether oxygens (including phenoxy) is 1. The zero-order valence-electron chi connectivity index (χ0n) is 17.4. The zero-order chi connectivity index (χ0) is 20.6. The van der Waals surface area contributed by atoms with E-state index in [1.807, 2.05) is 6.07 Å². The average Bonchev–Trinajstić information content (AvgIpc) is 3.21. The summed E-state index contributed by atoms with van der Waals surface area (Å²) >= 11 is 1.52. The summed E-state index contributed by atoms with van der Waals surface area (Å²) in [5, 5.41) is 3.60. The van der Waals surface area contributed by atoms with Crippen LogP contribution in [0.4, 0.5) is 5.82 Å². The van der Waals surface area contributed by atoms with E-state index in [2.05, 4.69) is 42.3 Å². The fraction of sp³-hybridized carbons (Fsp3) is 0.550. The van der Waals surface area contributed by atoms with Crippen LogP contribution < -0.4 is 15.1 Å². The molecule has 0 bridgehead atoms. The van der Waals surface area contributed by atoms with Crippen LogP contribution in [-0.2, 0) is 16.9 Å². The summed E-state index contributed by atoms with van der Waals surface area (Å²) in [4.78, 5) is 25.0. The van der Waals surface area contributed by atoms with E-state index < -0.39 is 0 Å². The second-order valence-corrected chi connectivity index (χ2v) is 8.16. The highest BCUT2D eigenvalue weighted by Crippen LogP contribution is 2.24. The van der Waals surface area contributed by atoms with Gasteiger partial charge in [0.2, 0.25) is 0 Å². The Balaban J connectivity index is 1.59. The van der Waals surface area contributed by atoms with Gasteiger partial charge in [-0.1, -0.05) is 18.7 Å². The number of amides is 1. The topological polar surface area (TPSA) is 84.9 Å². The Kier molecular flexibility index (Phi) is 7.91. The molecule has 29 heavy (non-hydrogen) atoms. The molecule has 8 nitrogen and oxygen atoms in total. The van der Waals surface area contributed by atoms with E-state index in [1.54, 1.807) is 6.07 Å². The molecule has 0 atom stereocenters. The number of rotatable bonds is 9. The van der Waals surface area contributed by atoms with Crippen molar-refractivity contribution in [1.82, 2.24) is 15.3 Å². The van der Waals surface area contributed by atoms with E-state index in [-0.39, 0.29) is 5.91 Å². The second kappa shape index (κ2) is 10.6. The van der Waals surface area contributed by atoms with Crippen LogP contribution in [0.5, 0.6) is 0 Å². The van der Waals surface area contributed by atoms with Crippen LogP contribution in [0, 0.1) is 0 Å². The van der Waals surface area contributed by atoms with Gasteiger partial charge in [-0.3, -0.25) is 4.79 Å². The molecule has 0 unspecified atom stereocenters. The maximum absolute atomic E-state index is 12.2. The van der Waals surface area contributed by atoms with Gasteiger partial charge in [0.15, 0.2) is 10.9 Å². The van der Waals surface area contributed by atoms with E-state index in [1.165, 1.54) is 16.7 Å². The number of morpholine rings is 1. The average molecular weight is 421 g/mol. The lowest BCUT2D eigenvalue weighted by Crippen LogP contribution is -3.06. The first-order chi connectivity index (χ1) is 14.0. The highest BCUT2D eigenvalue weighted by Gasteiger charge is 2.16. The number of thioether (sulfide) groups is 1. The molecule has 3 heterocycles. The fourth-order valence-corrected chi connectivity index (χ4v) is 3.65. The maximum atomic E-state index is 12.2. The molecule has 3 rings (SSSR count). The van der Waals surface area contributed by atoms with E-state index in [0.29, 0.717) is 18.1 Å². The van der Waals surface area contributed by atoms with Gasteiger partial charge < -0.3 is 24.3 Å². The SMILES string of the molecule is CCc1cc(N2CCOCC2)nc(SCc2ccc(C(=O)NCC[NH+](C)C)o2)n1. The number of carbonyl (C=O) groups excluding carboxylic acids is 1. The molecule has 0 radical (unpaired) electrons. The molecule has 1 amide bonds. The molecule has 2 N–H and O–H groups in total. The third kappa shape index (κ3) is 6.45. The molecule has 0 saturated carbocycles. The molecule has 158 valence electrons. The van der Waals surface area contributed by atoms with Crippen molar-refractivity contribution >= 4 is 23.5 Å². The quantitative estimate of drug-likeness (QED) is 0.455. The Bertz CT molecular complexity index is 805. The van der Waals surface area contributed by atoms with Gasteiger partial charge in [0.25, 0.3) is 5.91 Å². The molecule has 0 spiro atoms. The summed E-state index contributed by atoms with van der Waals surface area (Å²) in [6, 6.07) is 5.61. The minimum Gasteiger partial charge on any atom is -0.455 e. The van der Waals surface area contributed by atoms with E-state index in [4.69, 9.17) is 14.1 Å². The Morgan fingerprint density at radius 1 is 1.28 bits per heavy atom. The molecule has 9 heteroatoms. The lowest BCUT2D eigenvalue weighted by atomic mass is 10.3. The van der Waals surface area contributed by atoms with Crippen LogP contribution in [0.2, 0.25) is 0 Å². The fourth-order valence-electron chi connectivity index (χ4n) is 2.89.